The van der Waals surface area contributed by atoms with Gasteiger partial charge in [-0.05, 0) is 30.2 Å². The van der Waals surface area contributed by atoms with E-state index in [9.17, 15) is 5.11 Å². The molecule has 1 rings (SSSR count). The van der Waals surface area contributed by atoms with Crippen LogP contribution in [-0.2, 0) is 0 Å². The Bertz CT molecular complexity index is 377. The molecule has 0 heterocycles. The van der Waals surface area contributed by atoms with Crippen molar-refractivity contribution in [1.82, 2.24) is 0 Å². The van der Waals surface area contributed by atoms with E-state index >= 15 is 0 Å². The maximum Gasteiger partial charge on any atom is 0.0623 e. The number of rotatable bonds is 5. The lowest BCUT2D eigenvalue weighted by Crippen LogP contribution is -2.30. The molecule has 1 aromatic rings. The molecule has 3 unspecified atom stereocenters. The summed E-state index contributed by atoms with van der Waals surface area (Å²) in [6.45, 7) is 11.4. The Morgan fingerprint density at radius 3 is 2.11 bits per heavy atom. The molecule has 0 fully saturated rings. The molecule has 2 heteroatoms. The summed E-state index contributed by atoms with van der Waals surface area (Å²) in [4.78, 5) is 0. The summed E-state index contributed by atoms with van der Waals surface area (Å²) in [5.74, 6) is 0.493. The second-order valence-electron chi connectivity index (χ2n) is 6.82. The molecular weight excluding hydrogens is 234 g/mol. The number of benzene rings is 1. The molecule has 0 radical (unpaired) electrons. The van der Waals surface area contributed by atoms with Crippen molar-refractivity contribution in [3.63, 3.8) is 0 Å². The van der Waals surface area contributed by atoms with E-state index in [-0.39, 0.29) is 17.4 Å². The molecule has 0 aromatic heterocycles. The topological polar surface area (TPSA) is 46.2 Å². The molecule has 3 atom stereocenters. The highest BCUT2D eigenvalue weighted by Crippen LogP contribution is 2.32. The van der Waals surface area contributed by atoms with E-state index in [2.05, 4.69) is 58.9 Å². The number of aliphatic hydroxyl groups excluding tert-OH is 1. The summed E-state index contributed by atoms with van der Waals surface area (Å²) >= 11 is 0. The summed E-state index contributed by atoms with van der Waals surface area (Å²) in [5, 5.41) is 10.5. The summed E-state index contributed by atoms with van der Waals surface area (Å²) in [6, 6.07) is 8.32. The number of aryl methyl sites for hydroxylation is 1. The van der Waals surface area contributed by atoms with Gasteiger partial charge in [-0.25, -0.2) is 0 Å². The summed E-state index contributed by atoms with van der Waals surface area (Å²) < 4.78 is 0. The molecule has 0 bridgehead atoms. The Kier molecular flexibility index (Phi) is 5.57. The van der Waals surface area contributed by atoms with Crippen molar-refractivity contribution < 1.29 is 5.11 Å². The van der Waals surface area contributed by atoms with Crippen LogP contribution in [0.1, 0.15) is 51.2 Å². The lowest BCUT2D eigenvalue weighted by Gasteiger charge is -2.32. The molecule has 0 saturated heterocycles. The first-order valence-electron chi connectivity index (χ1n) is 7.20. The molecule has 0 aliphatic carbocycles. The van der Waals surface area contributed by atoms with E-state index in [0.29, 0.717) is 12.5 Å². The number of nitrogens with two attached hydrogens (primary N) is 1. The van der Waals surface area contributed by atoms with Gasteiger partial charge < -0.3 is 10.8 Å². The van der Waals surface area contributed by atoms with Crippen LogP contribution in [0.25, 0.3) is 0 Å². The van der Waals surface area contributed by atoms with Crippen LogP contribution in [0.15, 0.2) is 24.3 Å². The smallest absolute Gasteiger partial charge is 0.0623 e. The first-order valence-corrected chi connectivity index (χ1v) is 7.20. The fourth-order valence-electron chi connectivity index (χ4n) is 2.21. The van der Waals surface area contributed by atoms with Crippen LogP contribution in [0.3, 0.4) is 0 Å². The highest BCUT2D eigenvalue weighted by molar-refractivity contribution is 5.25. The van der Waals surface area contributed by atoms with Crippen LogP contribution >= 0.6 is 0 Å². The highest BCUT2D eigenvalue weighted by Gasteiger charge is 2.27. The van der Waals surface area contributed by atoms with Crippen molar-refractivity contribution in [2.45, 2.75) is 53.1 Å². The standard InChI is InChI=1S/C17H29NO/c1-12-6-8-14(9-7-12)15(11-18)16(19)10-13(2)17(3,4)5/h6-9,13,15-16,19H,10-11,18H2,1-5H3. The Balaban J connectivity index is 2.77. The highest BCUT2D eigenvalue weighted by atomic mass is 16.3. The zero-order valence-electron chi connectivity index (χ0n) is 13.0. The minimum atomic E-state index is -0.373. The van der Waals surface area contributed by atoms with E-state index in [1.54, 1.807) is 0 Å². The Morgan fingerprint density at radius 2 is 1.68 bits per heavy atom. The SMILES string of the molecule is Cc1ccc(C(CN)C(O)CC(C)C(C)(C)C)cc1. The Labute approximate surface area is 118 Å². The molecule has 2 nitrogen and oxygen atoms in total. The van der Waals surface area contributed by atoms with Gasteiger partial charge in [0.05, 0.1) is 6.10 Å². The van der Waals surface area contributed by atoms with E-state index in [0.717, 1.165) is 12.0 Å². The van der Waals surface area contributed by atoms with E-state index in [1.165, 1.54) is 5.56 Å². The summed E-state index contributed by atoms with van der Waals surface area (Å²) in [7, 11) is 0. The van der Waals surface area contributed by atoms with Gasteiger partial charge in [0, 0.05) is 12.5 Å². The van der Waals surface area contributed by atoms with Gasteiger partial charge in [-0.3, -0.25) is 0 Å². The average molecular weight is 263 g/mol. The molecule has 0 aliphatic rings. The van der Waals surface area contributed by atoms with Gasteiger partial charge in [0.1, 0.15) is 0 Å². The van der Waals surface area contributed by atoms with Gasteiger partial charge in [0.2, 0.25) is 0 Å². The third kappa shape index (κ3) is 4.63. The van der Waals surface area contributed by atoms with Crippen LogP contribution in [0.2, 0.25) is 0 Å². The molecule has 3 N–H and O–H groups in total. The molecule has 0 spiro atoms. The molecule has 1 aromatic carbocycles. The normalized spacial score (nSPS) is 17.0. The fraction of sp³-hybridized carbons (Fsp3) is 0.647. The van der Waals surface area contributed by atoms with Gasteiger partial charge in [-0.1, -0.05) is 57.5 Å². The van der Waals surface area contributed by atoms with Crippen LogP contribution < -0.4 is 5.73 Å². The van der Waals surface area contributed by atoms with Crippen molar-refractivity contribution in [2.24, 2.45) is 17.1 Å². The zero-order chi connectivity index (χ0) is 14.6. The van der Waals surface area contributed by atoms with Gasteiger partial charge in [-0.2, -0.15) is 0 Å². The maximum atomic E-state index is 10.5. The largest absolute Gasteiger partial charge is 0.392 e. The van der Waals surface area contributed by atoms with Gasteiger partial charge in [0.25, 0.3) is 0 Å². The van der Waals surface area contributed by atoms with Crippen LogP contribution in [0.4, 0.5) is 0 Å². The summed E-state index contributed by atoms with van der Waals surface area (Å²) in [6.07, 6.45) is 0.418. The van der Waals surface area contributed by atoms with Gasteiger partial charge in [-0.15, -0.1) is 0 Å². The minimum Gasteiger partial charge on any atom is -0.392 e. The van der Waals surface area contributed by atoms with E-state index in [4.69, 9.17) is 5.73 Å². The predicted octanol–water partition coefficient (Wildman–Crippen LogP) is 3.47. The van der Waals surface area contributed by atoms with Crippen LogP contribution in [0.5, 0.6) is 0 Å². The Morgan fingerprint density at radius 1 is 1.16 bits per heavy atom. The fourth-order valence-corrected chi connectivity index (χ4v) is 2.21. The van der Waals surface area contributed by atoms with Crippen LogP contribution in [-0.4, -0.2) is 17.8 Å². The zero-order valence-corrected chi connectivity index (χ0v) is 13.0. The monoisotopic (exact) mass is 263 g/mol. The molecular formula is C17H29NO. The van der Waals surface area contributed by atoms with Gasteiger partial charge in [0.15, 0.2) is 0 Å². The van der Waals surface area contributed by atoms with Crippen molar-refractivity contribution in [3.05, 3.63) is 35.4 Å². The summed E-state index contributed by atoms with van der Waals surface area (Å²) in [5.41, 5.74) is 8.46. The van der Waals surface area contributed by atoms with E-state index < -0.39 is 0 Å². The average Bonchev–Trinajstić information content (AvgIpc) is 2.31. The van der Waals surface area contributed by atoms with Gasteiger partial charge >= 0.3 is 0 Å². The van der Waals surface area contributed by atoms with Crippen molar-refractivity contribution in [3.8, 4) is 0 Å². The molecule has 0 saturated carbocycles. The number of hydrogen-bond donors (Lipinski definition) is 2. The molecule has 0 aliphatic heterocycles. The quantitative estimate of drug-likeness (QED) is 0.854. The first kappa shape index (κ1) is 16.2. The lowest BCUT2D eigenvalue weighted by atomic mass is 9.76. The first-order chi connectivity index (χ1) is 8.75. The third-order valence-corrected chi connectivity index (χ3v) is 4.30. The number of aliphatic hydroxyl groups is 1. The lowest BCUT2D eigenvalue weighted by molar-refractivity contribution is 0.0894. The molecule has 108 valence electrons. The van der Waals surface area contributed by atoms with Crippen molar-refractivity contribution in [1.29, 1.82) is 0 Å². The van der Waals surface area contributed by atoms with E-state index in [1.807, 2.05) is 0 Å². The van der Waals surface area contributed by atoms with Crippen LogP contribution in [0, 0.1) is 18.3 Å². The second-order valence-corrected chi connectivity index (χ2v) is 6.82. The number of hydrogen-bond acceptors (Lipinski definition) is 2. The third-order valence-electron chi connectivity index (χ3n) is 4.30. The maximum absolute atomic E-state index is 10.5. The minimum absolute atomic E-state index is 0.0328. The van der Waals surface area contributed by atoms with Crippen molar-refractivity contribution in [2.75, 3.05) is 6.54 Å². The molecule has 19 heavy (non-hydrogen) atoms. The molecule has 0 amide bonds. The van der Waals surface area contributed by atoms with Crippen molar-refractivity contribution >= 4 is 0 Å². The predicted molar refractivity (Wildman–Crippen MR) is 82.2 cm³/mol. The second kappa shape index (κ2) is 6.53. The Hall–Kier alpha value is -0.860.